The van der Waals surface area contributed by atoms with Crippen molar-refractivity contribution >= 4 is 11.6 Å². The van der Waals surface area contributed by atoms with Crippen LogP contribution in [0.2, 0.25) is 0 Å². The quantitative estimate of drug-likeness (QED) is 0.794. The molecule has 1 aliphatic rings. The van der Waals surface area contributed by atoms with Crippen molar-refractivity contribution in [3.05, 3.63) is 29.8 Å². The Morgan fingerprint density at radius 2 is 2.05 bits per heavy atom. The van der Waals surface area contributed by atoms with E-state index in [0.717, 1.165) is 37.1 Å². The van der Waals surface area contributed by atoms with Gasteiger partial charge in [0.05, 0.1) is 6.61 Å². The summed E-state index contributed by atoms with van der Waals surface area (Å²) in [4.78, 5) is 14.4. The lowest BCUT2D eigenvalue weighted by atomic mass is 10.1. The first kappa shape index (κ1) is 14.9. The Bertz CT molecular complexity index is 427. The van der Waals surface area contributed by atoms with Crippen LogP contribution in [0.4, 0.5) is 5.69 Å². The van der Waals surface area contributed by atoms with Gasteiger partial charge in [0, 0.05) is 37.5 Å². The van der Waals surface area contributed by atoms with E-state index in [0.29, 0.717) is 19.2 Å². The van der Waals surface area contributed by atoms with Crippen LogP contribution in [0.3, 0.4) is 0 Å². The summed E-state index contributed by atoms with van der Waals surface area (Å²) >= 11 is 0. The van der Waals surface area contributed by atoms with Gasteiger partial charge in [0.2, 0.25) is 0 Å². The van der Waals surface area contributed by atoms with Crippen LogP contribution in [0.15, 0.2) is 24.3 Å². The molecule has 1 amide bonds. The van der Waals surface area contributed by atoms with E-state index in [1.54, 1.807) is 7.11 Å². The number of hydrogen-bond donors (Lipinski definition) is 1. The Morgan fingerprint density at radius 1 is 1.35 bits per heavy atom. The number of benzene rings is 1. The predicted molar refractivity (Wildman–Crippen MR) is 81.2 cm³/mol. The van der Waals surface area contributed by atoms with Crippen molar-refractivity contribution < 1.29 is 9.53 Å². The molecular weight excluding hydrogens is 252 g/mol. The van der Waals surface area contributed by atoms with Crippen LogP contribution in [0.25, 0.3) is 0 Å². The summed E-state index contributed by atoms with van der Waals surface area (Å²) in [5.74, 6) is 0.117. The van der Waals surface area contributed by atoms with Gasteiger partial charge in [-0.15, -0.1) is 0 Å². The maximum atomic E-state index is 12.5. The highest BCUT2D eigenvalue weighted by Gasteiger charge is 2.32. The third-order valence-electron chi connectivity index (χ3n) is 3.50. The number of carbonyl (C=O) groups is 1. The van der Waals surface area contributed by atoms with Crippen LogP contribution in [-0.2, 0) is 4.74 Å². The number of anilines is 1. The van der Waals surface area contributed by atoms with Crippen LogP contribution in [0.5, 0.6) is 0 Å². The van der Waals surface area contributed by atoms with Crippen molar-refractivity contribution in [2.75, 3.05) is 32.1 Å². The third kappa shape index (κ3) is 3.97. The molecule has 0 aromatic heterocycles. The maximum Gasteiger partial charge on any atom is 0.254 e. The number of nitrogens with zero attached hydrogens (tertiary/aromatic N) is 1. The van der Waals surface area contributed by atoms with Gasteiger partial charge in [-0.05, 0) is 43.5 Å². The number of methoxy groups -OCH3 is 1. The maximum absolute atomic E-state index is 12.5. The van der Waals surface area contributed by atoms with E-state index in [2.05, 4.69) is 12.2 Å². The molecule has 2 rings (SSSR count). The van der Waals surface area contributed by atoms with E-state index in [9.17, 15) is 4.79 Å². The molecule has 0 spiro atoms. The fourth-order valence-corrected chi connectivity index (χ4v) is 2.19. The molecular formula is C16H24N2O2. The summed E-state index contributed by atoms with van der Waals surface area (Å²) in [7, 11) is 1.67. The first-order valence-electron chi connectivity index (χ1n) is 7.40. The lowest BCUT2D eigenvalue weighted by Gasteiger charge is -2.22. The van der Waals surface area contributed by atoms with Gasteiger partial charge >= 0.3 is 0 Å². The zero-order valence-corrected chi connectivity index (χ0v) is 12.4. The van der Waals surface area contributed by atoms with Crippen LogP contribution in [-0.4, -0.2) is 43.7 Å². The number of amides is 1. The Morgan fingerprint density at radius 3 is 2.60 bits per heavy atom. The Balaban J connectivity index is 1.99. The first-order valence-corrected chi connectivity index (χ1v) is 7.40. The molecule has 1 aliphatic carbocycles. The minimum Gasteiger partial charge on any atom is -0.385 e. The minimum atomic E-state index is 0.117. The molecule has 0 saturated heterocycles. The molecule has 1 saturated carbocycles. The summed E-state index contributed by atoms with van der Waals surface area (Å²) in [5.41, 5.74) is 1.83. The van der Waals surface area contributed by atoms with Gasteiger partial charge in [-0.3, -0.25) is 4.79 Å². The van der Waals surface area contributed by atoms with Crippen LogP contribution < -0.4 is 5.32 Å². The average molecular weight is 276 g/mol. The van der Waals surface area contributed by atoms with Gasteiger partial charge in [0.1, 0.15) is 0 Å². The Labute approximate surface area is 121 Å². The molecule has 4 heteroatoms. The number of ether oxygens (including phenoxy) is 1. The fourth-order valence-electron chi connectivity index (χ4n) is 2.19. The van der Waals surface area contributed by atoms with E-state index in [1.807, 2.05) is 29.2 Å². The normalized spacial score (nSPS) is 14.1. The van der Waals surface area contributed by atoms with Crippen molar-refractivity contribution in [1.29, 1.82) is 0 Å². The molecule has 0 radical (unpaired) electrons. The minimum absolute atomic E-state index is 0.117. The smallest absolute Gasteiger partial charge is 0.254 e. The molecule has 20 heavy (non-hydrogen) atoms. The first-order chi connectivity index (χ1) is 9.76. The van der Waals surface area contributed by atoms with E-state index in [1.165, 1.54) is 0 Å². The van der Waals surface area contributed by atoms with E-state index < -0.39 is 0 Å². The van der Waals surface area contributed by atoms with Crippen LogP contribution in [0.1, 0.15) is 36.5 Å². The summed E-state index contributed by atoms with van der Waals surface area (Å²) in [6, 6.07) is 8.18. The molecule has 1 N–H and O–H groups in total. The number of hydrogen-bond acceptors (Lipinski definition) is 3. The zero-order chi connectivity index (χ0) is 14.4. The molecule has 0 heterocycles. The van der Waals surface area contributed by atoms with Crippen molar-refractivity contribution in [2.45, 2.75) is 32.2 Å². The van der Waals surface area contributed by atoms with Gasteiger partial charge in [-0.25, -0.2) is 0 Å². The Hall–Kier alpha value is -1.55. The number of rotatable bonds is 8. The molecule has 0 aliphatic heterocycles. The van der Waals surface area contributed by atoms with Crippen molar-refractivity contribution in [3.8, 4) is 0 Å². The van der Waals surface area contributed by atoms with E-state index >= 15 is 0 Å². The second kappa shape index (κ2) is 7.29. The molecule has 4 nitrogen and oxygen atoms in total. The van der Waals surface area contributed by atoms with Crippen molar-refractivity contribution in [2.24, 2.45) is 0 Å². The van der Waals surface area contributed by atoms with Gasteiger partial charge in [0.15, 0.2) is 0 Å². The molecule has 1 fully saturated rings. The lowest BCUT2D eigenvalue weighted by molar-refractivity contribution is 0.0680. The highest BCUT2D eigenvalue weighted by atomic mass is 16.5. The Kier molecular flexibility index (Phi) is 5.41. The second-order valence-electron chi connectivity index (χ2n) is 5.23. The van der Waals surface area contributed by atoms with Gasteiger partial charge in [-0.1, -0.05) is 6.92 Å². The van der Waals surface area contributed by atoms with Crippen molar-refractivity contribution in [1.82, 2.24) is 4.90 Å². The highest BCUT2D eigenvalue weighted by molar-refractivity contribution is 5.95. The second-order valence-corrected chi connectivity index (χ2v) is 5.23. The number of nitrogens with one attached hydrogen (secondary N) is 1. The summed E-state index contributed by atoms with van der Waals surface area (Å²) in [5, 5.41) is 3.31. The molecule has 0 bridgehead atoms. The lowest BCUT2D eigenvalue weighted by Crippen LogP contribution is -2.35. The molecule has 0 unspecified atom stereocenters. The highest BCUT2D eigenvalue weighted by Crippen LogP contribution is 2.28. The largest absolute Gasteiger partial charge is 0.385 e. The molecule has 0 atom stereocenters. The molecule has 1 aromatic carbocycles. The summed E-state index contributed by atoms with van der Waals surface area (Å²) in [6.07, 6.45) is 3.32. The summed E-state index contributed by atoms with van der Waals surface area (Å²) < 4.78 is 5.10. The van der Waals surface area contributed by atoms with Crippen LogP contribution >= 0.6 is 0 Å². The van der Waals surface area contributed by atoms with E-state index in [4.69, 9.17) is 4.74 Å². The molecule has 110 valence electrons. The summed E-state index contributed by atoms with van der Waals surface area (Å²) in [6.45, 7) is 4.36. The van der Waals surface area contributed by atoms with Gasteiger partial charge in [0.25, 0.3) is 5.91 Å². The predicted octanol–water partition coefficient (Wildman–Crippen LogP) is 2.76. The average Bonchev–Trinajstić information content (AvgIpc) is 3.30. The number of carbonyl (C=O) groups excluding carboxylic acids is 1. The zero-order valence-electron chi connectivity index (χ0n) is 12.4. The van der Waals surface area contributed by atoms with Gasteiger partial charge < -0.3 is 15.0 Å². The topological polar surface area (TPSA) is 41.6 Å². The van der Waals surface area contributed by atoms with Crippen LogP contribution in [0, 0.1) is 0 Å². The monoisotopic (exact) mass is 276 g/mol. The SMILES string of the molecule is CCCNc1ccc(C(=O)N(CCOC)C2CC2)cc1. The third-order valence-corrected chi connectivity index (χ3v) is 3.50. The standard InChI is InChI=1S/C16H24N2O2/c1-3-10-17-14-6-4-13(5-7-14)16(19)18(11-12-20-2)15-8-9-15/h4-7,15,17H,3,8-12H2,1-2H3. The van der Waals surface area contributed by atoms with Gasteiger partial charge in [-0.2, -0.15) is 0 Å². The fraction of sp³-hybridized carbons (Fsp3) is 0.562. The van der Waals surface area contributed by atoms with E-state index in [-0.39, 0.29) is 5.91 Å². The molecule has 1 aromatic rings. The van der Waals surface area contributed by atoms with Crippen molar-refractivity contribution in [3.63, 3.8) is 0 Å².